The van der Waals surface area contributed by atoms with E-state index in [1.807, 2.05) is 6.92 Å². The summed E-state index contributed by atoms with van der Waals surface area (Å²) >= 11 is 3.26. The van der Waals surface area contributed by atoms with Gasteiger partial charge in [0.1, 0.15) is 6.54 Å². The number of hydrogen-bond acceptors (Lipinski definition) is 4. The minimum absolute atomic E-state index is 0.295. The first-order valence-electron chi connectivity index (χ1n) is 6.95. The van der Waals surface area contributed by atoms with Crippen LogP contribution in [0, 0.1) is 0 Å². The first kappa shape index (κ1) is 18.2. The second-order valence-electron chi connectivity index (χ2n) is 4.62. The van der Waals surface area contributed by atoms with Gasteiger partial charge in [-0.1, -0.05) is 28.9 Å². The Morgan fingerprint density at radius 1 is 1.27 bits per heavy atom. The lowest BCUT2D eigenvalue weighted by Gasteiger charge is -2.13. The Labute approximate surface area is 137 Å². The number of carbonyl (C=O) groups excluding carboxylic acids is 3. The molecule has 1 unspecified atom stereocenters. The lowest BCUT2D eigenvalue weighted by Crippen LogP contribution is -2.39. The lowest BCUT2D eigenvalue weighted by atomic mass is 10.2. The summed E-state index contributed by atoms with van der Waals surface area (Å²) in [5, 5.41) is 5.07. The molecule has 0 aliphatic heterocycles. The maximum Gasteiger partial charge on any atom is 0.326 e. The molecule has 1 atom stereocenters. The van der Waals surface area contributed by atoms with Crippen molar-refractivity contribution in [1.82, 2.24) is 10.6 Å². The third kappa shape index (κ3) is 6.26. The molecule has 0 aliphatic rings. The van der Waals surface area contributed by atoms with Crippen LogP contribution in [-0.4, -0.2) is 37.0 Å². The zero-order chi connectivity index (χ0) is 16.5. The molecule has 0 aliphatic carbocycles. The van der Waals surface area contributed by atoms with E-state index in [9.17, 15) is 14.4 Å². The molecule has 0 fully saturated rings. The maximum atomic E-state index is 11.8. The molecule has 0 saturated heterocycles. The number of hydrogen-bond donors (Lipinski definition) is 2. The van der Waals surface area contributed by atoms with Gasteiger partial charge in [-0.25, -0.2) is 0 Å². The highest BCUT2D eigenvalue weighted by Gasteiger charge is 2.17. The Hall–Kier alpha value is -1.89. The summed E-state index contributed by atoms with van der Waals surface area (Å²) in [7, 11) is 0. The van der Waals surface area contributed by atoms with E-state index in [-0.39, 0.29) is 18.4 Å². The second-order valence-corrected chi connectivity index (χ2v) is 5.53. The molecular formula is C15H19BrN2O4. The van der Waals surface area contributed by atoms with E-state index >= 15 is 0 Å². The van der Waals surface area contributed by atoms with Crippen LogP contribution in [0.5, 0.6) is 0 Å². The number of ether oxygens (including phenoxy) is 1. The number of rotatable bonds is 7. The Bertz CT molecular complexity index is 548. The van der Waals surface area contributed by atoms with E-state index in [4.69, 9.17) is 4.74 Å². The van der Waals surface area contributed by atoms with Crippen molar-refractivity contribution in [3.05, 3.63) is 34.3 Å². The molecule has 0 heterocycles. The van der Waals surface area contributed by atoms with Crippen LogP contribution < -0.4 is 10.6 Å². The Morgan fingerprint density at radius 2 is 2.00 bits per heavy atom. The molecule has 0 radical (unpaired) electrons. The van der Waals surface area contributed by atoms with Gasteiger partial charge < -0.3 is 15.4 Å². The second kappa shape index (κ2) is 9.19. The third-order valence-electron chi connectivity index (χ3n) is 2.71. The molecule has 0 spiro atoms. The molecule has 22 heavy (non-hydrogen) atoms. The van der Waals surface area contributed by atoms with E-state index in [1.54, 1.807) is 24.3 Å². The number of carbonyl (C=O) groups is 3. The summed E-state index contributed by atoms with van der Waals surface area (Å²) in [4.78, 5) is 35.0. The normalized spacial score (nSPS) is 11.4. The molecule has 1 aromatic rings. The number of halogens is 1. The summed E-state index contributed by atoms with van der Waals surface area (Å²) < 4.78 is 5.71. The van der Waals surface area contributed by atoms with E-state index in [0.717, 1.165) is 10.9 Å². The van der Waals surface area contributed by atoms with Crippen LogP contribution in [0.1, 0.15) is 30.6 Å². The molecular weight excluding hydrogens is 352 g/mol. The standard InChI is InChI=1S/C15H19BrN2O4/c1-3-7-17-14(20)10(2)22-13(19)9-18-15(21)11-5-4-6-12(16)8-11/h4-6,8,10H,3,7,9H2,1-2H3,(H,17,20)(H,18,21). The first-order chi connectivity index (χ1) is 10.4. The number of esters is 1. The minimum atomic E-state index is -0.887. The summed E-state index contributed by atoms with van der Waals surface area (Å²) in [6.45, 7) is 3.64. The van der Waals surface area contributed by atoms with Crippen LogP contribution >= 0.6 is 15.9 Å². The van der Waals surface area contributed by atoms with Crippen molar-refractivity contribution >= 4 is 33.7 Å². The van der Waals surface area contributed by atoms with Crippen molar-refractivity contribution in [2.24, 2.45) is 0 Å². The van der Waals surface area contributed by atoms with Gasteiger partial charge in [-0.2, -0.15) is 0 Å². The van der Waals surface area contributed by atoms with Crippen molar-refractivity contribution in [3.63, 3.8) is 0 Å². The zero-order valence-corrected chi connectivity index (χ0v) is 14.1. The van der Waals surface area contributed by atoms with Gasteiger partial charge in [0.05, 0.1) is 0 Å². The SMILES string of the molecule is CCCNC(=O)C(C)OC(=O)CNC(=O)c1cccc(Br)c1. The van der Waals surface area contributed by atoms with E-state index < -0.39 is 12.1 Å². The summed E-state index contributed by atoms with van der Waals surface area (Å²) in [5.74, 6) is -1.41. The van der Waals surface area contributed by atoms with Gasteiger partial charge in [-0.05, 0) is 31.5 Å². The molecule has 1 aromatic carbocycles. The predicted molar refractivity (Wildman–Crippen MR) is 85.3 cm³/mol. The molecule has 6 nitrogen and oxygen atoms in total. The van der Waals surface area contributed by atoms with Crippen LogP contribution in [0.15, 0.2) is 28.7 Å². The van der Waals surface area contributed by atoms with E-state index in [0.29, 0.717) is 12.1 Å². The lowest BCUT2D eigenvalue weighted by molar-refractivity contribution is -0.153. The van der Waals surface area contributed by atoms with E-state index in [1.165, 1.54) is 6.92 Å². The number of benzene rings is 1. The fraction of sp³-hybridized carbons (Fsp3) is 0.400. The van der Waals surface area contributed by atoms with Crippen molar-refractivity contribution in [1.29, 1.82) is 0 Å². The van der Waals surface area contributed by atoms with Gasteiger partial charge in [-0.3, -0.25) is 14.4 Å². The molecule has 7 heteroatoms. The van der Waals surface area contributed by atoms with E-state index in [2.05, 4.69) is 26.6 Å². The Balaban J connectivity index is 2.39. The van der Waals surface area contributed by atoms with Crippen LogP contribution in [0.2, 0.25) is 0 Å². The highest BCUT2D eigenvalue weighted by molar-refractivity contribution is 9.10. The predicted octanol–water partition coefficient (Wildman–Crippen LogP) is 1.64. The Morgan fingerprint density at radius 3 is 2.64 bits per heavy atom. The van der Waals surface area contributed by atoms with Crippen LogP contribution in [0.4, 0.5) is 0 Å². The van der Waals surface area contributed by atoms with Gasteiger partial charge >= 0.3 is 5.97 Å². The monoisotopic (exact) mass is 370 g/mol. The fourth-order valence-corrected chi connectivity index (χ4v) is 1.97. The van der Waals surface area contributed by atoms with Gasteiger partial charge in [0, 0.05) is 16.6 Å². The molecule has 1 rings (SSSR count). The van der Waals surface area contributed by atoms with Gasteiger partial charge in [-0.15, -0.1) is 0 Å². The first-order valence-corrected chi connectivity index (χ1v) is 7.74. The smallest absolute Gasteiger partial charge is 0.326 e. The molecule has 0 bridgehead atoms. The van der Waals surface area contributed by atoms with Crippen LogP contribution in [-0.2, 0) is 14.3 Å². The summed E-state index contributed by atoms with van der Waals surface area (Å²) in [6.07, 6.45) is -0.0865. The highest BCUT2D eigenvalue weighted by Crippen LogP contribution is 2.11. The quantitative estimate of drug-likeness (QED) is 0.714. The summed E-state index contributed by atoms with van der Waals surface area (Å²) in [6, 6.07) is 6.78. The number of nitrogens with one attached hydrogen (secondary N) is 2. The highest BCUT2D eigenvalue weighted by atomic mass is 79.9. The van der Waals surface area contributed by atoms with Crippen molar-refractivity contribution in [2.45, 2.75) is 26.4 Å². The van der Waals surface area contributed by atoms with Crippen molar-refractivity contribution in [3.8, 4) is 0 Å². The van der Waals surface area contributed by atoms with Gasteiger partial charge in [0.2, 0.25) is 0 Å². The molecule has 2 N–H and O–H groups in total. The number of amides is 2. The minimum Gasteiger partial charge on any atom is -0.451 e. The maximum absolute atomic E-state index is 11.8. The van der Waals surface area contributed by atoms with Crippen LogP contribution in [0.3, 0.4) is 0 Å². The molecule has 0 aromatic heterocycles. The average Bonchev–Trinajstić information content (AvgIpc) is 2.50. The van der Waals surface area contributed by atoms with Crippen molar-refractivity contribution in [2.75, 3.05) is 13.1 Å². The molecule has 0 saturated carbocycles. The van der Waals surface area contributed by atoms with Gasteiger partial charge in [0.15, 0.2) is 6.10 Å². The average molecular weight is 371 g/mol. The Kier molecular flexibility index (Phi) is 7.59. The fourth-order valence-electron chi connectivity index (χ4n) is 1.57. The third-order valence-corrected chi connectivity index (χ3v) is 3.20. The largest absolute Gasteiger partial charge is 0.451 e. The van der Waals surface area contributed by atoms with Crippen LogP contribution in [0.25, 0.3) is 0 Å². The van der Waals surface area contributed by atoms with Crippen molar-refractivity contribution < 1.29 is 19.1 Å². The summed E-state index contributed by atoms with van der Waals surface area (Å²) in [5.41, 5.74) is 0.427. The molecule has 2 amide bonds. The topological polar surface area (TPSA) is 84.5 Å². The zero-order valence-electron chi connectivity index (χ0n) is 12.5. The van der Waals surface area contributed by atoms with Gasteiger partial charge in [0.25, 0.3) is 11.8 Å². The molecule has 120 valence electrons.